The number of aromatic nitrogens is 2. The molecule has 3 aliphatic rings. The van der Waals surface area contributed by atoms with Crippen molar-refractivity contribution in [1.82, 2.24) is 24.7 Å². The number of carbonyl (C=O) groups is 3. The Morgan fingerprint density at radius 3 is 2.71 bits per heavy atom. The number of nitrogens with one attached hydrogen (secondary N) is 1. The van der Waals surface area contributed by atoms with Gasteiger partial charge in [-0.05, 0) is 72.5 Å². The first-order valence-corrected chi connectivity index (χ1v) is 14.2. The average Bonchev–Trinajstić information content (AvgIpc) is 3.56. The van der Waals surface area contributed by atoms with Crippen LogP contribution < -0.4 is 15.6 Å². The molecule has 10 heteroatoms. The van der Waals surface area contributed by atoms with Crippen LogP contribution in [0.2, 0.25) is 0 Å². The molecular formula is C32H29N5O5. The van der Waals surface area contributed by atoms with Crippen molar-refractivity contribution in [2.45, 2.75) is 44.5 Å². The second-order valence-corrected chi connectivity index (χ2v) is 11.1. The summed E-state index contributed by atoms with van der Waals surface area (Å²) in [7, 11) is 0. The highest BCUT2D eigenvalue weighted by Gasteiger charge is 2.39. The molecule has 1 unspecified atom stereocenters. The number of piperidine rings is 1. The molecule has 2 aromatic heterocycles. The number of benzene rings is 2. The molecule has 2 aromatic carbocycles. The summed E-state index contributed by atoms with van der Waals surface area (Å²) in [4.78, 5) is 57.6. The van der Waals surface area contributed by atoms with Gasteiger partial charge in [0.25, 0.3) is 11.5 Å². The van der Waals surface area contributed by atoms with Gasteiger partial charge in [0.05, 0.1) is 5.52 Å². The lowest BCUT2D eigenvalue weighted by Gasteiger charge is -2.29. The largest absolute Gasteiger partial charge is 0.489 e. The summed E-state index contributed by atoms with van der Waals surface area (Å²) < 4.78 is 7.85. The van der Waals surface area contributed by atoms with Crippen LogP contribution in [0.15, 0.2) is 77.7 Å². The van der Waals surface area contributed by atoms with Gasteiger partial charge >= 0.3 is 0 Å². The Labute approximate surface area is 241 Å². The molecule has 5 heterocycles. The van der Waals surface area contributed by atoms with E-state index in [0.29, 0.717) is 30.1 Å². The molecule has 1 N–H and O–H groups in total. The summed E-state index contributed by atoms with van der Waals surface area (Å²) in [6.45, 7) is 2.80. The van der Waals surface area contributed by atoms with Gasteiger partial charge in [0, 0.05) is 55.8 Å². The average molecular weight is 564 g/mol. The molecule has 2 saturated heterocycles. The molecule has 3 aliphatic heterocycles. The van der Waals surface area contributed by atoms with E-state index in [4.69, 9.17) is 4.74 Å². The Morgan fingerprint density at radius 2 is 1.86 bits per heavy atom. The second kappa shape index (κ2) is 10.5. The van der Waals surface area contributed by atoms with Gasteiger partial charge in [0.2, 0.25) is 11.8 Å². The molecule has 0 aliphatic carbocycles. The maximum absolute atomic E-state index is 13.0. The van der Waals surface area contributed by atoms with Crippen LogP contribution in [0, 0.1) is 0 Å². The van der Waals surface area contributed by atoms with E-state index in [1.807, 2.05) is 36.4 Å². The van der Waals surface area contributed by atoms with Crippen molar-refractivity contribution in [3.8, 4) is 11.6 Å². The van der Waals surface area contributed by atoms with E-state index in [9.17, 15) is 19.2 Å². The van der Waals surface area contributed by atoms with Gasteiger partial charge in [-0.1, -0.05) is 12.1 Å². The van der Waals surface area contributed by atoms with Crippen molar-refractivity contribution < 1.29 is 19.1 Å². The molecule has 2 atom stereocenters. The minimum atomic E-state index is -0.628. The van der Waals surface area contributed by atoms with Gasteiger partial charge in [0.1, 0.15) is 23.7 Å². The summed E-state index contributed by atoms with van der Waals surface area (Å²) in [5.41, 5.74) is 3.31. The summed E-state index contributed by atoms with van der Waals surface area (Å²) in [6.07, 6.45) is 3.21. The molecule has 0 bridgehead atoms. The van der Waals surface area contributed by atoms with E-state index in [1.165, 1.54) is 16.2 Å². The fourth-order valence-corrected chi connectivity index (χ4v) is 6.13. The SMILES string of the molecule is O=C1CCC(N2Cc3cc(O[C@H]4CCN(Cc5ccc6nc(-n7ccccc7=O)ccc6c5)C4)ccc3C2=O)C(=O)N1. The number of carbonyl (C=O) groups excluding carboxylic acids is 3. The van der Waals surface area contributed by atoms with Crippen LogP contribution in [-0.2, 0) is 22.7 Å². The molecule has 4 aromatic rings. The minimum Gasteiger partial charge on any atom is -0.489 e. The number of pyridine rings is 2. The van der Waals surface area contributed by atoms with Gasteiger partial charge in [-0.15, -0.1) is 0 Å². The molecule has 0 radical (unpaired) electrons. The molecule has 2 fully saturated rings. The number of amides is 3. The van der Waals surface area contributed by atoms with Crippen LogP contribution in [-0.4, -0.2) is 62.3 Å². The van der Waals surface area contributed by atoms with E-state index in [-0.39, 0.29) is 29.9 Å². The number of hydrogen-bond donors (Lipinski definition) is 1. The number of hydrogen-bond acceptors (Lipinski definition) is 7. The van der Waals surface area contributed by atoms with Crippen LogP contribution in [0.25, 0.3) is 16.7 Å². The van der Waals surface area contributed by atoms with Crippen LogP contribution >= 0.6 is 0 Å². The second-order valence-electron chi connectivity index (χ2n) is 11.1. The topological polar surface area (TPSA) is 114 Å². The first-order valence-electron chi connectivity index (χ1n) is 14.2. The summed E-state index contributed by atoms with van der Waals surface area (Å²) in [5, 5.41) is 3.36. The van der Waals surface area contributed by atoms with E-state index >= 15 is 0 Å². The lowest BCUT2D eigenvalue weighted by molar-refractivity contribution is -0.136. The Balaban J connectivity index is 0.979. The van der Waals surface area contributed by atoms with Gasteiger partial charge in [0.15, 0.2) is 0 Å². The summed E-state index contributed by atoms with van der Waals surface area (Å²) in [6, 6.07) is 20.0. The van der Waals surface area contributed by atoms with E-state index in [0.717, 1.165) is 42.5 Å². The quantitative estimate of drug-likeness (QED) is 0.359. The number of nitrogens with zero attached hydrogens (tertiary/aromatic N) is 4. The van der Waals surface area contributed by atoms with Crippen molar-refractivity contribution in [1.29, 1.82) is 0 Å². The van der Waals surface area contributed by atoms with Crippen molar-refractivity contribution in [3.05, 3.63) is 100.0 Å². The zero-order valence-electron chi connectivity index (χ0n) is 22.9. The molecule has 10 nitrogen and oxygen atoms in total. The number of imide groups is 1. The van der Waals surface area contributed by atoms with Crippen molar-refractivity contribution >= 4 is 28.6 Å². The Hall–Kier alpha value is -4.83. The fraction of sp³-hybridized carbons (Fsp3) is 0.281. The molecule has 7 rings (SSSR count). The first kappa shape index (κ1) is 26.1. The van der Waals surface area contributed by atoms with Gasteiger partial charge in [-0.2, -0.15) is 0 Å². The fourth-order valence-electron chi connectivity index (χ4n) is 6.13. The smallest absolute Gasteiger partial charge is 0.256 e. The molecule has 42 heavy (non-hydrogen) atoms. The van der Waals surface area contributed by atoms with Crippen molar-refractivity contribution in [3.63, 3.8) is 0 Å². The summed E-state index contributed by atoms with van der Waals surface area (Å²) in [5.74, 6) is 0.416. The van der Waals surface area contributed by atoms with E-state index in [2.05, 4.69) is 27.3 Å². The predicted octanol–water partition coefficient (Wildman–Crippen LogP) is 2.80. The normalized spacial score (nSPS) is 20.7. The number of ether oxygens (including phenoxy) is 1. The molecule has 0 saturated carbocycles. The predicted molar refractivity (Wildman–Crippen MR) is 154 cm³/mol. The third-order valence-corrected chi connectivity index (χ3v) is 8.24. The highest BCUT2D eigenvalue weighted by molar-refractivity contribution is 6.05. The van der Waals surface area contributed by atoms with Gasteiger partial charge < -0.3 is 9.64 Å². The third-order valence-electron chi connectivity index (χ3n) is 8.24. The minimum absolute atomic E-state index is 0.0280. The maximum Gasteiger partial charge on any atom is 0.256 e. The van der Waals surface area contributed by atoms with Crippen LogP contribution in [0.3, 0.4) is 0 Å². The molecule has 0 spiro atoms. The Kier molecular flexibility index (Phi) is 6.54. The van der Waals surface area contributed by atoms with Crippen molar-refractivity contribution in [2.24, 2.45) is 0 Å². The maximum atomic E-state index is 13.0. The molecule has 212 valence electrons. The summed E-state index contributed by atoms with van der Waals surface area (Å²) >= 11 is 0. The monoisotopic (exact) mass is 563 g/mol. The van der Waals surface area contributed by atoms with E-state index in [1.54, 1.807) is 23.2 Å². The molecular weight excluding hydrogens is 534 g/mol. The first-order chi connectivity index (χ1) is 20.4. The van der Waals surface area contributed by atoms with Gasteiger partial charge in [-0.3, -0.25) is 34.0 Å². The standard InChI is InChI=1S/C32H29N5O5/c38-29-11-9-27(31(40)34-29)37-18-22-16-23(6-7-25(22)32(37)41)42-24-12-14-35(19-24)17-20-4-8-26-21(15-20)5-10-28(33-26)36-13-2-1-3-30(36)39/h1-8,10,13,15-16,24,27H,9,11-12,14,17-19H2,(H,34,38,40)/t24-,27?/m0/s1. The van der Waals surface area contributed by atoms with E-state index < -0.39 is 11.9 Å². The number of likely N-dealkylation sites (tertiary alicyclic amines) is 1. The zero-order chi connectivity index (χ0) is 28.8. The number of fused-ring (bicyclic) bond motifs is 2. The lowest BCUT2D eigenvalue weighted by atomic mass is 10.0. The molecule has 3 amide bonds. The van der Waals surface area contributed by atoms with Crippen LogP contribution in [0.1, 0.15) is 40.7 Å². The zero-order valence-corrected chi connectivity index (χ0v) is 22.9. The number of rotatable bonds is 6. The Morgan fingerprint density at radius 1 is 0.952 bits per heavy atom. The van der Waals surface area contributed by atoms with Crippen LogP contribution in [0.5, 0.6) is 5.75 Å². The Bertz CT molecular complexity index is 1800. The lowest BCUT2D eigenvalue weighted by Crippen LogP contribution is -2.52. The van der Waals surface area contributed by atoms with Crippen LogP contribution in [0.4, 0.5) is 0 Å². The van der Waals surface area contributed by atoms with Crippen molar-refractivity contribution in [2.75, 3.05) is 13.1 Å². The highest BCUT2D eigenvalue weighted by atomic mass is 16.5. The highest BCUT2D eigenvalue weighted by Crippen LogP contribution is 2.31. The third kappa shape index (κ3) is 4.94. The van der Waals surface area contributed by atoms with Gasteiger partial charge in [-0.25, -0.2) is 4.98 Å².